The summed E-state index contributed by atoms with van der Waals surface area (Å²) in [5.74, 6) is 0. The molecule has 3 heteroatoms. The fourth-order valence-electron chi connectivity index (χ4n) is 1.59. The predicted molar refractivity (Wildman–Crippen MR) is 71.8 cm³/mol. The first-order valence-corrected chi connectivity index (χ1v) is 6.85. The molecule has 2 nitrogen and oxygen atoms in total. The summed E-state index contributed by atoms with van der Waals surface area (Å²) < 4.78 is 0. The van der Waals surface area contributed by atoms with Crippen molar-refractivity contribution in [2.24, 2.45) is 0 Å². The second kappa shape index (κ2) is 7.58. The lowest BCUT2D eigenvalue weighted by molar-refractivity contribution is 0.489. The largest absolute Gasteiger partial charge is 0.308 e. The van der Waals surface area contributed by atoms with Gasteiger partial charge < -0.3 is 5.32 Å². The van der Waals surface area contributed by atoms with Crippen molar-refractivity contribution in [2.75, 3.05) is 0 Å². The highest BCUT2D eigenvalue weighted by atomic mass is 32.1. The summed E-state index contributed by atoms with van der Waals surface area (Å²) in [5, 5.41) is 6.80. The van der Waals surface area contributed by atoms with E-state index >= 15 is 0 Å². The highest BCUT2D eigenvalue weighted by Gasteiger charge is 2.03. The number of nitrogens with one attached hydrogen (secondary N) is 1. The molecule has 0 saturated carbocycles. The minimum Gasteiger partial charge on any atom is -0.308 e. The minimum absolute atomic E-state index is 0.578. The molecule has 0 fully saturated rings. The van der Waals surface area contributed by atoms with Gasteiger partial charge in [0.05, 0.1) is 0 Å². The zero-order valence-corrected chi connectivity index (χ0v) is 11.1. The summed E-state index contributed by atoms with van der Waals surface area (Å²) >= 11 is 1.74. The number of nitrogens with zero attached hydrogens (tertiary/aromatic N) is 1. The van der Waals surface area contributed by atoms with Crippen molar-refractivity contribution in [3.63, 3.8) is 0 Å². The van der Waals surface area contributed by atoms with Gasteiger partial charge in [-0.1, -0.05) is 12.5 Å². The fraction of sp³-hybridized carbons (Fsp3) is 0.615. The lowest BCUT2D eigenvalue weighted by Gasteiger charge is -2.11. The van der Waals surface area contributed by atoms with Gasteiger partial charge >= 0.3 is 0 Å². The molecule has 16 heavy (non-hydrogen) atoms. The molecule has 0 spiro atoms. The maximum atomic E-state index is 4.44. The first kappa shape index (κ1) is 13.4. The van der Waals surface area contributed by atoms with Gasteiger partial charge in [0.2, 0.25) is 0 Å². The van der Waals surface area contributed by atoms with E-state index < -0.39 is 0 Å². The van der Waals surface area contributed by atoms with Gasteiger partial charge in [-0.15, -0.1) is 17.9 Å². The third-order valence-electron chi connectivity index (χ3n) is 2.56. The van der Waals surface area contributed by atoms with E-state index in [1.54, 1.807) is 11.3 Å². The van der Waals surface area contributed by atoms with Gasteiger partial charge in [0.15, 0.2) is 0 Å². The van der Waals surface area contributed by atoms with Gasteiger partial charge in [0.1, 0.15) is 5.01 Å². The van der Waals surface area contributed by atoms with Crippen molar-refractivity contribution in [1.29, 1.82) is 0 Å². The van der Waals surface area contributed by atoms with Crippen LogP contribution in [-0.2, 0) is 6.54 Å². The van der Waals surface area contributed by atoms with E-state index in [0.29, 0.717) is 6.04 Å². The monoisotopic (exact) mass is 238 g/mol. The number of hydrogen-bond acceptors (Lipinski definition) is 3. The molecular weight excluding hydrogens is 216 g/mol. The Hall–Kier alpha value is -0.670. The highest BCUT2D eigenvalue weighted by Crippen LogP contribution is 2.09. The van der Waals surface area contributed by atoms with Crippen LogP contribution in [0.5, 0.6) is 0 Å². The Labute approximate surface area is 103 Å². The van der Waals surface area contributed by atoms with Crippen molar-refractivity contribution in [1.82, 2.24) is 10.3 Å². The molecule has 1 heterocycles. The van der Waals surface area contributed by atoms with Crippen LogP contribution < -0.4 is 5.32 Å². The van der Waals surface area contributed by atoms with Crippen LogP contribution >= 0.6 is 11.3 Å². The van der Waals surface area contributed by atoms with Gasteiger partial charge in [-0.25, -0.2) is 4.98 Å². The first-order valence-electron chi connectivity index (χ1n) is 5.97. The summed E-state index contributed by atoms with van der Waals surface area (Å²) in [7, 11) is 0. The normalized spacial score (nSPS) is 12.6. The Morgan fingerprint density at radius 1 is 1.56 bits per heavy atom. The number of aromatic nitrogens is 1. The Morgan fingerprint density at radius 3 is 3.00 bits per heavy atom. The Morgan fingerprint density at radius 2 is 2.38 bits per heavy atom. The van der Waals surface area contributed by atoms with Crippen molar-refractivity contribution in [2.45, 2.75) is 52.1 Å². The second-order valence-corrected chi connectivity index (χ2v) is 5.18. The fourth-order valence-corrected chi connectivity index (χ4v) is 2.31. The molecule has 0 aliphatic heterocycles. The molecule has 0 bridgehead atoms. The van der Waals surface area contributed by atoms with E-state index in [-0.39, 0.29) is 0 Å². The summed E-state index contributed by atoms with van der Waals surface area (Å²) in [5.41, 5.74) is 1.13. The van der Waals surface area contributed by atoms with Crippen molar-refractivity contribution < 1.29 is 0 Å². The van der Waals surface area contributed by atoms with Crippen LogP contribution in [0, 0.1) is 6.92 Å². The van der Waals surface area contributed by atoms with Crippen LogP contribution in [0.1, 0.15) is 43.3 Å². The van der Waals surface area contributed by atoms with E-state index in [2.05, 4.69) is 29.2 Å². The minimum atomic E-state index is 0.578. The van der Waals surface area contributed by atoms with Crippen molar-refractivity contribution >= 4 is 11.3 Å². The molecule has 90 valence electrons. The molecule has 1 aromatic heterocycles. The van der Waals surface area contributed by atoms with Crippen molar-refractivity contribution in [3.8, 4) is 0 Å². The Balaban J connectivity index is 2.10. The molecule has 0 aliphatic carbocycles. The molecule has 0 saturated heterocycles. The summed E-state index contributed by atoms with van der Waals surface area (Å²) in [6.07, 6.45) is 6.90. The molecule has 1 unspecified atom stereocenters. The van der Waals surface area contributed by atoms with Crippen LogP contribution in [0.3, 0.4) is 0 Å². The maximum absolute atomic E-state index is 4.44. The van der Waals surface area contributed by atoms with Gasteiger partial charge in [-0.3, -0.25) is 0 Å². The number of hydrogen-bond donors (Lipinski definition) is 1. The standard InChI is InChI=1S/C13H22N2S/c1-4-5-6-7-8-11(2)14-9-13-15-12(3)10-16-13/h4,10-11,14H,1,5-9H2,2-3H3. The molecule has 1 atom stereocenters. The smallest absolute Gasteiger partial charge is 0.107 e. The molecule has 0 radical (unpaired) electrons. The zero-order chi connectivity index (χ0) is 11.8. The number of thiazole rings is 1. The van der Waals surface area contributed by atoms with E-state index in [9.17, 15) is 0 Å². The molecule has 0 aromatic carbocycles. The van der Waals surface area contributed by atoms with E-state index in [1.165, 1.54) is 24.3 Å². The molecule has 1 aromatic rings. The first-order chi connectivity index (χ1) is 7.72. The van der Waals surface area contributed by atoms with Gasteiger partial charge in [0, 0.05) is 23.7 Å². The van der Waals surface area contributed by atoms with Crippen LogP contribution in [0.25, 0.3) is 0 Å². The maximum Gasteiger partial charge on any atom is 0.107 e. The van der Waals surface area contributed by atoms with E-state index in [4.69, 9.17) is 0 Å². The number of rotatable bonds is 8. The lowest BCUT2D eigenvalue weighted by atomic mass is 10.1. The highest BCUT2D eigenvalue weighted by molar-refractivity contribution is 7.09. The van der Waals surface area contributed by atoms with Crippen LogP contribution in [0.4, 0.5) is 0 Å². The molecule has 1 rings (SSSR count). The number of allylic oxidation sites excluding steroid dienone is 1. The van der Waals surface area contributed by atoms with Crippen LogP contribution in [0.15, 0.2) is 18.0 Å². The van der Waals surface area contributed by atoms with Gasteiger partial charge in [-0.05, 0) is 33.1 Å². The topological polar surface area (TPSA) is 24.9 Å². The average molecular weight is 238 g/mol. The van der Waals surface area contributed by atoms with E-state index in [1.807, 2.05) is 13.0 Å². The lowest BCUT2D eigenvalue weighted by Crippen LogP contribution is -2.25. The van der Waals surface area contributed by atoms with Crippen molar-refractivity contribution in [3.05, 3.63) is 28.7 Å². The molecule has 0 aliphatic rings. The van der Waals surface area contributed by atoms with Gasteiger partial charge in [-0.2, -0.15) is 0 Å². The number of aryl methyl sites for hydroxylation is 1. The van der Waals surface area contributed by atoms with Crippen LogP contribution in [-0.4, -0.2) is 11.0 Å². The quantitative estimate of drug-likeness (QED) is 0.552. The zero-order valence-electron chi connectivity index (χ0n) is 10.3. The van der Waals surface area contributed by atoms with Gasteiger partial charge in [0.25, 0.3) is 0 Å². The average Bonchev–Trinajstić information content (AvgIpc) is 2.68. The Bertz CT molecular complexity index is 307. The van der Waals surface area contributed by atoms with Crippen LogP contribution in [0.2, 0.25) is 0 Å². The summed E-state index contributed by atoms with van der Waals surface area (Å²) in [6.45, 7) is 8.92. The summed E-state index contributed by atoms with van der Waals surface area (Å²) in [6, 6.07) is 0.578. The predicted octanol–water partition coefficient (Wildman–Crippen LogP) is 3.68. The number of unbranched alkanes of at least 4 members (excludes halogenated alkanes) is 2. The summed E-state index contributed by atoms with van der Waals surface area (Å²) in [4.78, 5) is 4.44. The molecular formula is C13H22N2S. The van der Waals surface area contributed by atoms with E-state index in [0.717, 1.165) is 18.7 Å². The third kappa shape index (κ3) is 5.42. The molecule has 0 amide bonds. The second-order valence-electron chi connectivity index (χ2n) is 4.24. The molecule has 1 N–H and O–H groups in total. The SMILES string of the molecule is C=CCCCCC(C)NCc1nc(C)cs1. The third-order valence-corrected chi connectivity index (χ3v) is 3.53. The Kier molecular flexibility index (Phi) is 6.34.